The Bertz CT molecular complexity index is 318. The third-order valence-corrected chi connectivity index (χ3v) is 1.38. The summed E-state index contributed by atoms with van der Waals surface area (Å²) in [6.07, 6.45) is 1.43. The topological polar surface area (TPSA) is 58.9 Å². The number of isocyanates is 1. The first-order valence-corrected chi connectivity index (χ1v) is 3.79. The molecule has 0 aromatic heterocycles. The molecule has 0 saturated heterocycles. The fraction of sp³-hybridized carbons (Fsp3) is 0.222. The summed E-state index contributed by atoms with van der Waals surface area (Å²) < 4.78 is 5.12. The van der Waals surface area contributed by atoms with E-state index in [2.05, 4.69) is 4.99 Å². The Hall–Kier alpha value is -1.64. The highest BCUT2D eigenvalue weighted by Crippen LogP contribution is 2.25. The van der Waals surface area contributed by atoms with Crippen molar-refractivity contribution in [1.82, 2.24) is 0 Å². The van der Waals surface area contributed by atoms with Gasteiger partial charge in [0.15, 0.2) is 0 Å². The lowest BCUT2D eigenvalue weighted by molar-refractivity contribution is 0.202. The quantitative estimate of drug-likeness (QED) is 0.554. The number of nitrogens with zero attached hydrogens (tertiary/aromatic N) is 1. The van der Waals surface area contributed by atoms with Crippen LogP contribution < -0.4 is 4.74 Å². The fourth-order valence-corrected chi connectivity index (χ4v) is 0.876. The monoisotopic (exact) mass is 179 g/mol. The number of ether oxygens (including phenoxy) is 1. The van der Waals surface area contributed by atoms with Gasteiger partial charge >= 0.3 is 0 Å². The lowest BCUT2D eigenvalue weighted by Crippen LogP contribution is -2.01. The number of aliphatic imine (C=N–C) groups is 1. The third kappa shape index (κ3) is 2.71. The smallest absolute Gasteiger partial charge is 0.240 e. The zero-order valence-electron chi connectivity index (χ0n) is 6.93. The van der Waals surface area contributed by atoms with Crippen molar-refractivity contribution in [3.63, 3.8) is 0 Å². The van der Waals surface area contributed by atoms with Crippen LogP contribution in [-0.4, -0.2) is 24.4 Å². The largest absolute Gasteiger partial charge is 0.489 e. The second-order valence-corrected chi connectivity index (χ2v) is 2.24. The Balaban J connectivity index is 2.84. The van der Waals surface area contributed by atoms with Crippen LogP contribution in [0.5, 0.6) is 5.75 Å². The van der Waals surface area contributed by atoms with Crippen LogP contribution in [-0.2, 0) is 4.79 Å². The highest BCUT2D eigenvalue weighted by molar-refractivity contribution is 5.57. The molecule has 1 N–H and O–H groups in total. The molecular weight excluding hydrogens is 170 g/mol. The van der Waals surface area contributed by atoms with Gasteiger partial charge in [-0.3, -0.25) is 0 Å². The first-order chi connectivity index (χ1) is 6.38. The molecule has 1 aromatic rings. The number of aliphatic hydroxyl groups excluding tert-OH is 1. The predicted molar refractivity (Wildman–Crippen MR) is 46.8 cm³/mol. The Morgan fingerprint density at radius 3 is 2.92 bits per heavy atom. The van der Waals surface area contributed by atoms with Crippen LogP contribution in [0.1, 0.15) is 0 Å². The van der Waals surface area contributed by atoms with Crippen LogP contribution >= 0.6 is 0 Å². The number of hydrogen-bond acceptors (Lipinski definition) is 4. The number of rotatable bonds is 4. The van der Waals surface area contributed by atoms with Crippen LogP contribution in [0.25, 0.3) is 0 Å². The molecule has 13 heavy (non-hydrogen) atoms. The molecular formula is C9H9NO3. The minimum atomic E-state index is -0.0703. The molecule has 1 aromatic carbocycles. The van der Waals surface area contributed by atoms with E-state index in [9.17, 15) is 4.79 Å². The molecule has 1 rings (SSSR count). The highest BCUT2D eigenvalue weighted by Gasteiger charge is 1.99. The second kappa shape index (κ2) is 5.09. The number of hydrogen-bond donors (Lipinski definition) is 1. The van der Waals surface area contributed by atoms with Gasteiger partial charge in [0.1, 0.15) is 18.0 Å². The van der Waals surface area contributed by atoms with Crippen LogP contribution in [0.2, 0.25) is 0 Å². The molecule has 68 valence electrons. The number of para-hydroxylation sites is 2. The summed E-state index contributed by atoms with van der Waals surface area (Å²) in [5.74, 6) is 0.472. The van der Waals surface area contributed by atoms with Crippen molar-refractivity contribution < 1.29 is 14.6 Å². The van der Waals surface area contributed by atoms with E-state index in [0.29, 0.717) is 11.4 Å². The average Bonchev–Trinajstić information content (AvgIpc) is 2.17. The molecule has 0 radical (unpaired) electrons. The molecule has 0 fully saturated rings. The lowest BCUT2D eigenvalue weighted by Gasteiger charge is -2.04. The van der Waals surface area contributed by atoms with E-state index in [4.69, 9.17) is 9.84 Å². The first-order valence-electron chi connectivity index (χ1n) is 3.79. The molecule has 4 heteroatoms. The van der Waals surface area contributed by atoms with Gasteiger partial charge in [-0.05, 0) is 12.1 Å². The molecule has 4 nitrogen and oxygen atoms in total. The van der Waals surface area contributed by atoms with Crippen molar-refractivity contribution >= 4 is 11.8 Å². The van der Waals surface area contributed by atoms with Crippen molar-refractivity contribution in [2.45, 2.75) is 0 Å². The van der Waals surface area contributed by atoms with Gasteiger partial charge in [-0.15, -0.1) is 0 Å². The molecule has 0 unspecified atom stereocenters. The van der Waals surface area contributed by atoms with Gasteiger partial charge in [0, 0.05) is 0 Å². The van der Waals surface area contributed by atoms with Gasteiger partial charge < -0.3 is 9.84 Å². The molecule has 0 aliphatic rings. The van der Waals surface area contributed by atoms with E-state index in [-0.39, 0.29) is 13.2 Å². The summed E-state index contributed by atoms with van der Waals surface area (Å²) in [4.78, 5) is 13.5. The van der Waals surface area contributed by atoms with Gasteiger partial charge in [0.05, 0.1) is 6.61 Å². The maximum atomic E-state index is 10.0. The Kier molecular flexibility index (Phi) is 3.70. The van der Waals surface area contributed by atoms with Gasteiger partial charge in [-0.2, -0.15) is 4.99 Å². The Morgan fingerprint density at radius 1 is 1.46 bits per heavy atom. The lowest BCUT2D eigenvalue weighted by atomic mass is 10.3. The van der Waals surface area contributed by atoms with E-state index < -0.39 is 0 Å². The van der Waals surface area contributed by atoms with E-state index >= 15 is 0 Å². The minimum Gasteiger partial charge on any atom is -0.489 e. The zero-order chi connectivity index (χ0) is 9.52. The average molecular weight is 179 g/mol. The van der Waals surface area contributed by atoms with Crippen LogP contribution in [0.3, 0.4) is 0 Å². The van der Waals surface area contributed by atoms with Crippen molar-refractivity contribution in [3.8, 4) is 5.75 Å². The minimum absolute atomic E-state index is 0.0703. The molecule has 0 atom stereocenters. The molecule has 0 bridgehead atoms. The second-order valence-electron chi connectivity index (χ2n) is 2.24. The van der Waals surface area contributed by atoms with Gasteiger partial charge in [0.25, 0.3) is 0 Å². The van der Waals surface area contributed by atoms with Gasteiger partial charge in [-0.25, -0.2) is 4.79 Å². The molecule has 0 aliphatic carbocycles. The maximum Gasteiger partial charge on any atom is 0.240 e. The van der Waals surface area contributed by atoms with E-state index in [0.717, 1.165) is 0 Å². The highest BCUT2D eigenvalue weighted by atomic mass is 16.5. The summed E-state index contributed by atoms with van der Waals surface area (Å²) >= 11 is 0. The fourth-order valence-electron chi connectivity index (χ4n) is 0.876. The molecule has 0 heterocycles. The van der Waals surface area contributed by atoms with Crippen LogP contribution in [0.15, 0.2) is 29.3 Å². The predicted octanol–water partition coefficient (Wildman–Crippen LogP) is 1.02. The summed E-state index contributed by atoms with van der Waals surface area (Å²) in [6.45, 7) is 0.116. The van der Waals surface area contributed by atoms with Crippen molar-refractivity contribution in [3.05, 3.63) is 24.3 Å². The van der Waals surface area contributed by atoms with E-state index in [1.807, 2.05) is 0 Å². The molecule has 0 spiro atoms. The number of benzene rings is 1. The molecule has 0 amide bonds. The Labute approximate surface area is 75.5 Å². The van der Waals surface area contributed by atoms with E-state index in [1.54, 1.807) is 24.3 Å². The zero-order valence-corrected chi connectivity index (χ0v) is 6.93. The van der Waals surface area contributed by atoms with Crippen molar-refractivity contribution in [2.75, 3.05) is 13.2 Å². The van der Waals surface area contributed by atoms with Gasteiger partial charge in [-0.1, -0.05) is 12.1 Å². The molecule has 0 saturated carbocycles. The summed E-state index contributed by atoms with van der Waals surface area (Å²) in [5, 5.41) is 8.52. The summed E-state index contributed by atoms with van der Waals surface area (Å²) in [7, 11) is 0. The maximum absolute atomic E-state index is 10.0. The van der Waals surface area contributed by atoms with Gasteiger partial charge in [0.2, 0.25) is 6.08 Å². The van der Waals surface area contributed by atoms with E-state index in [1.165, 1.54) is 6.08 Å². The summed E-state index contributed by atoms with van der Waals surface area (Å²) in [5.41, 5.74) is 0.422. The first kappa shape index (κ1) is 9.45. The number of aliphatic hydroxyl groups is 1. The van der Waals surface area contributed by atoms with Crippen LogP contribution in [0, 0.1) is 0 Å². The van der Waals surface area contributed by atoms with Crippen LogP contribution in [0.4, 0.5) is 5.69 Å². The SMILES string of the molecule is O=C=Nc1ccccc1OCCO. The van der Waals surface area contributed by atoms with Crippen molar-refractivity contribution in [1.29, 1.82) is 0 Å². The normalized spacial score (nSPS) is 9.00. The van der Waals surface area contributed by atoms with Crippen molar-refractivity contribution in [2.24, 2.45) is 4.99 Å². The molecule has 0 aliphatic heterocycles. The number of carbonyl (C=O) groups excluding carboxylic acids is 1. The Morgan fingerprint density at radius 2 is 2.23 bits per heavy atom. The summed E-state index contributed by atoms with van der Waals surface area (Å²) in [6, 6.07) is 6.81. The third-order valence-electron chi connectivity index (χ3n) is 1.38. The standard InChI is InChI=1S/C9H9NO3/c11-5-6-13-9-4-2-1-3-8(9)10-7-12/h1-4,11H,5-6H2.